The molecule has 0 amide bonds. The molecule has 0 spiro atoms. The number of anilines is 2. The third-order valence-electron chi connectivity index (χ3n) is 5.06. The second kappa shape index (κ2) is 7.35. The second-order valence-corrected chi connectivity index (χ2v) is 6.80. The maximum Gasteiger partial charge on any atom is 0.416 e. The van der Waals surface area contributed by atoms with Crippen molar-refractivity contribution in [3.63, 3.8) is 0 Å². The molecule has 2 heterocycles. The normalized spacial score (nSPS) is 15.4. The molecule has 28 heavy (non-hydrogen) atoms. The van der Waals surface area contributed by atoms with Gasteiger partial charge in [-0.15, -0.1) is 0 Å². The van der Waals surface area contributed by atoms with E-state index < -0.39 is 11.7 Å². The highest BCUT2D eigenvalue weighted by Gasteiger charge is 2.31. The lowest BCUT2D eigenvalue weighted by Gasteiger charge is -2.37. The minimum Gasteiger partial charge on any atom is -0.395 e. The smallest absolute Gasteiger partial charge is 0.395 e. The van der Waals surface area contributed by atoms with Gasteiger partial charge < -0.3 is 19.5 Å². The van der Waals surface area contributed by atoms with Gasteiger partial charge in [0.2, 0.25) is 5.95 Å². The van der Waals surface area contributed by atoms with Crippen LogP contribution in [0.3, 0.4) is 0 Å². The average Bonchev–Trinajstić information content (AvgIpc) is 3.07. The Kier molecular flexibility index (Phi) is 4.89. The molecule has 4 rings (SSSR count). The first-order valence-corrected chi connectivity index (χ1v) is 9.20. The van der Waals surface area contributed by atoms with Crippen LogP contribution in [0.2, 0.25) is 0 Å². The number of halogens is 3. The molecule has 1 saturated heterocycles. The molecule has 8 heteroatoms. The van der Waals surface area contributed by atoms with Crippen molar-refractivity contribution in [2.24, 2.45) is 0 Å². The molecule has 2 aromatic carbocycles. The van der Waals surface area contributed by atoms with E-state index in [1.165, 1.54) is 12.1 Å². The molecule has 1 aliphatic rings. The van der Waals surface area contributed by atoms with Crippen LogP contribution in [0.5, 0.6) is 0 Å². The van der Waals surface area contributed by atoms with Crippen LogP contribution in [0.25, 0.3) is 11.0 Å². The van der Waals surface area contributed by atoms with Gasteiger partial charge >= 0.3 is 6.18 Å². The minimum atomic E-state index is -4.34. The van der Waals surface area contributed by atoms with Crippen molar-refractivity contribution in [2.45, 2.75) is 12.7 Å². The molecule has 1 aromatic heterocycles. The summed E-state index contributed by atoms with van der Waals surface area (Å²) in [5.41, 5.74) is 1.79. The SMILES string of the molecule is OCCn1c(N2CCN(c3cccc(C(F)(F)F)c3)CC2)nc2ccccc21. The van der Waals surface area contributed by atoms with E-state index in [1.807, 2.05) is 33.7 Å². The Balaban J connectivity index is 1.54. The summed E-state index contributed by atoms with van der Waals surface area (Å²) in [5, 5.41) is 9.44. The number of benzene rings is 2. The topological polar surface area (TPSA) is 44.5 Å². The monoisotopic (exact) mass is 390 g/mol. The molecule has 0 bridgehead atoms. The summed E-state index contributed by atoms with van der Waals surface area (Å²) in [4.78, 5) is 8.80. The summed E-state index contributed by atoms with van der Waals surface area (Å²) in [5.74, 6) is 0.791. The number of aliphatic hydroxyl groups excluding tert-OH is 1. The van der Waals surface area contributed by atoms with Gasteiger partial charge in [-0.05, 0) is 30.3 Å². The predicted molar refractivity (Wildman–Crippen MR) is 103 cm³/mol. The van der Waals surface area contributed by atoms with Gasteiger partial charge in [0.15, 0.2) is 0 Å². The average molecular weight is 390 g/mol. The fourth-order valence-electron chi connectivity index (χ4n) is 3.67. The van der Waals surface area contributed by atoms with Gasteiger partial charge in [-0.3, -0.25) is 0 Å². The molecule has 0 unspecified atom stereocenters. The Bertz CT molecular complexity index is 961. The minimum absolute atomic E-state index is 0.0115. The lowest BCUT2D eigenvalue weighted by Crippen LogP contribution is -2.47. The molecule has 5 nitrogen and oxygen atoms in total. The zero-order valence-corrected chi connectivity index (χ0v) is 15.2. The molecular formula is C20H21F3N4O. The molecule has 148 valence electrons. The summed E-state index contributed by atoms with van der Waals surface area (Å²) in [7, 11) is 0. The standard InChI is InChI=1S/C20H21F3N4O/c21-20(22,23)15-4-3-5-16(14-15)25-8-10-26(11-9-25)19-24-17-6-1-2-7-18(17)27(19)12-13-28/h1-7,14,28H,8-13H2. The summed E-state index contributed by atoms with van der Waals surface area (Å²) >= 11 is 0. The highest BCUT2D eigenvalue weighted by atomic mass is 19.4. The third-order valence-corrected chi connectivity index (χ3v) is 5.06. The van der Waals surface area contributed by atoms with E-state index in [0.717, 1.165) is 23.0 Å². The van der Waals surface area contributed by atoms with Gasteiger partial charge in [-0.25, -0.2) is 4.98 Å². The van der Waals surface area contributed by atoms with E-state index in [-0.39, 0.29) is 6.61 Å². The second-order valence-electron chi connectivity index (χ2n) is 6.80. The molecule has 0 atom stereocenters. The number of hydrogen-bond donors (Lipinski definition) is 1. The molecule has 3 aromatic rings. The largest absolute Gasteiger partial charge is 0.416 e. The predicted octanol–water partition coefficient (Wildman–Crippen LogP) is 3.37. The van der Waals surface area contributed by atoms with E-state index in [2.05, 4.69) is 4.90 Å². The first-order valence-electron chi connectivity index (χ1n) is 9.20. The van der Waals surface area contributed by atoms with Gasteiger partial charge in [0.05, 0.1) is 23.2 Å². The number of fused-ring (bicyclic) bond motifs is 1. The van der Waals surface area contributed by atoms with Crippen LogP contribution in [-0.2, 0) is 12.7 Å². The van der Waals surface area contributed by atoms with Crippen molar-refractivity contribution in [3.05, 3.63) is 54.1 Å². The maximum absolute atomic E-state index is 13.0. The Labute approximate surface area is 160 Å². The summed E-state index contributed by atoms with van der Waals surface area (Å²) in [6.07, 6.45) is -4.34. The van der Waals surface area contributed by atoms with Gasteiger partial charge in [0.1, 0.15) is 0 Å². The van der Waals surface area contributed by atoms with Gasteiger partial charge in [-0.2, -0.15) is 13.2 Å². The van der Waals surface area contributed by atoms with Crippen LogP contribution in [0.15, 0.2) is 48.5 Å². The fraction of sp³-hybridized carbons (Fsp3) is 0.350. The number of aromatic nitrogens is 2. The molecular weight excluding hydrogens is 369 g/mol. The Morgan fingerprint density at radius 3 is 2.36 bits per heavy atom. The van der Waals surface area contributed by atoms with Crippen molar-refractivity contribution in [1.82, 2.24) is 9.55 Å². The van der Waals surface area contributed by atoms with Crippen molar-refractivity contribution >= 4 is 22.7 Å². The van der Waals surface area contributed by atoms with Crippen LogP contribution >= 0.6 is 0 Å². The van der Waals surface area contributed by atoms with E-state index in [1.54, 1.807) is 6.07 Å². The number of alkyl halides is 3. The van der Waals surface area contributed by atoms with Crippen LogP contribution in [0.1, 0.15) is 5.56 Å². The lowest BCUT2D eigenvalue weighted by atomic mass is 10.1. The van der Waals surface area contributed by atoms with Crippen molar-refractivity contribution in [2.75, 3.05) is 42.6 Å². The van der Waals surface area contributed by atoms with E-state index in [0.29, 0.717) is 38.4 Å². The quantitative estimate of drug-likeness (QED) is 0.742. The lowest BCUT2D eigenvalue weighted by molar-refractivity contribution is -0.137. The van der Waals surface area contributed by atoms with E-state index in [4.69, 9.17) is 4.98 Å². The van der Waals surface area contributed by atoms with E-state index in [9.17, 15) is 18.3 Å². The molecule has 0 radical (unpaired) electrons. The Morgan fingerprint density at radius 1 is 0.929 bits per heavy atom. The number of imidazole rings is 1. The number of piperazine rings is 1. The van der Waals surface area contributed by atoms with Crippen molar-refractivity contribution in [3.8, 4) is 0 Å². The Hall–Kier alpha value is -2.74. The zero-order chi connectivity index (χ0) is 19.7. The summed E-state index contributed by atoms with van der Waals surface area (Å²) in [6, 6.07) is 13.2. The van der Waals surface area contributed by atoms with Gasteiger partial charge in [-0.1, -0.05) is 18.2 Å². The fourth-order valence-corrected chi connectivity index (χ4v) is 3.67. The van der Waals surface area contributed by atoms with Crippen LogP contribution < -0.4 is 9.80 Å². The first-order chi connectivity index (χ1) is 13.5. The van der Waals surface area contributed by atoms with Crippen molar-refractivity contribution < 1.29 is 18.3 Å². The van der Waals surface area contributed by atoms with Gasteiger partial charge in [0, 0.05) is 38.4 Å². The number of nitrogens with zero attached hydrogens (tertiary/aromatic N) is 4. The summed E-state index contributed by atoms with van der Waals surface area (Å²) < 4.78 is 40.9. The molecule has 1 fully saturated rings. The Morgan fingerprint density at radius 2 is 1.64 bits per heavy atom. The van der Waals surface area contributed by atoms with Crippen LogP contribution in [-0.4, -0.2) is 47.4 Å². The van der Waals surface area contributed by atoms with Crippen molar-refractivity contribution in [1.29, 1.82) is 0 Å². The van der Waals surface area contributed by atoms with Gasteiger partial charge in [0.25, 0.3) is 0 Å². The molecule has 1 aliphatic heterocycles. The number of para-hydroxylation sites is 2. The summed E-state index contributed by atoms with van der Waals surface area (Å²) in [6.45, 7) is 2.95. The van der Waals surface area contributed by atoms with Crippen LogP contribution in [0, 0.1) is 0 Å². The highest BCUT2D eigenvalue weighted by molar-refractivity contribution is 5.79. The first kappa shape index (κ1) is 18.6. The molecule has 0 aliphatic carbocycles. The number of aliphatic hydroxyl groups is 1. The van der Waals surface area contributed by atoms with Crippen LogP contribution in [0.4, 0.5) is 24.8 Å². The van der Waals surface area contributed by atoms with E-state index >= 15 is 0 Å². The number of rotatable bonds is 4. The highest BCUT2D eigenvalue weighted by Crippen LogP contribution is 2.32. The maximum atomic E-state index is 13.0. The third kappa shape index (κ3) is 3.52. The number of hydrogen-bond acceptors (Lipinski definition) is 4. The molecule has 0 saturated carbocycles. The zero-order valence-electron chi connectivity index (χ0n) is 15.2. The molecule has 1 N–H and O–H groups in total.